The number of carbonyl (C=O) groups excluding carboxylic acids is 1. The number of unbranched alkanes of at least 4 members (excludes halogenated alkanes) is 1. The molecule has 0 spiro atoms. The molecule has 9 heteroatoms. The van der Waals surface area contributed by atoms with E-state index in [-0.39, 0.29) is 12.2 Å². The molecule has 2 aromatic rings. The number of carbonyl (C=O) groups is 1. The zero-order valence-electron chi connectivity index (χ0n) is 22.0. The van der Waals surface area contributed by atoms with Crippen molar-refractivity contribution in [1.82, 2.24) is 10.2 Å². The van der Waals surface area contributed by atoms with Crippen molar-refractivity contribution < 1.29 is 19.0 Å². The second-order valence-electron chi connectivity index (χ2n) is 8.05. The molecule has 198 valence electrons. The molecule has 0 atom stereocenters. The highest BCUT2D eigenvalue weighted by Crippen LogP contribution is 2.36. The van der Waals surface area contributed by atoms with Crippen LogP contribution in [-0.4, -0.2) is 41.1 Å². The monoisotopic (exact) mass is 526 g/mol. The molecule has 1 aromatic heterocycles. The third-order valence-corrected chi connectivity index (χ3v) is 6.50. The summed E-state index contributed by atoms with van der Waals surface area (Å²) in [5.41, 5.74) is 2.44. The predicted octanol–water partition coefficient (Wildman–Crippen LogP) is 6.30. The van der Waals surface area contributed by atoms with Crippen molar-refractivity contribution in [2.75, 3.05) is 19.0 Å². The standard InChI is InChI=1S/C28H35FN4O3S/c1-6-19(4)25(21(17-30-8-3)26-22(29)14-12-15-23(26)36-5)27(35)31-28-33-32-24(37-28)16-11-9-10-13-20(7-2)18-34/h7-8,10,12-15,17,34H,6,9,11,16,18H2,1-5H3,(H,31,33,35)/b13-10-,20-7+,21-17+,25-19?,30-8?. The molecule has 0 aliphatic heterocycles. The summed E-state index contributed by atoms with van der Waals surface area (Å²) in [6.07, 6.45) is 11.8. The fourth-order valence-corrected chi connectivity index (χ4v) is 4.25. The number of aliphatic imine (C=N–C) groups is 1. The Hall–Kier alpha value is -3.43. The number of nitrogens with one attached hydrogen (secondary N) is 1. The molecule has 0 saturated carbocycles. The van der Waals surface area contributed by atoms with Gasteiger partial charge < -0.3 is 9.84 Å². The summed E-state index contributed by atoms with van der Waals surface area (Å²) in [7, 11) is 1.46. The fraction of sp³-hybridized carbons (Fsp3) is 0.357. The molecule has 0 saturated heterocycles. The first-order chi connectivity index (χ1) is 17.9. The van der Waals surface area contributed by atoms with Crippen molar-refractivity contribution >= 4 is 34.2 Å². The van der Waals surface area contributed by atoms with Crippen LogP contribution >= 0.6 is 11.3 Å². The molecule has 2 N–H and O–H groups in total. The molecule has 7 nitrogen and oxygen atoms in total. The zero-order chi connectivity index (χ0) is 27.2. The highest BCUT2D eigenvalue weighted by molar-refractivity contribution is 7.15. The van der Waals surface area contributed by atoms with Crippen LogP contribution < -0.4 is 10.1 Å². The van der Waals surface area contributed by atoms with Crippen LogP contribution in [0.25, 0.3) is 5.57 Å². The van der Waals surface area contributed by atoms with Crippen LogP contribution in [0.3, 0.4) is 0 Å². The van der Waals surface area contributed by atoms with Crippen molar-refractivity contribution in [1.29, 1.82) is 0 Å². The smallest absolute Gasteiger partial charge is 0.258 e. The average Bonchev–Trinajstić information content (AvgIpc) is 3.35. The van der Waals surface area contributed by atoms with E-state index < -0.39 is 11.7 Å². The van der Waals surface area contributed by atoms with Gasteiger partial charge in [0.2, 0.25) is 5.13 Å². The molecular formula is C28H35FN4O3S. The number of hydrogen-bond donors (Lipinski definition) is 2. The Labute approximate surface area is 222 Å². The number of aryl methyl sites for hydroxylation is 1. The number of benzene rings is 1. The van der Waals surface area contributed by atoms with Gasteiger partial charge in [-0.05, 0) is 57.7 Å². The van der Waals surface area contributed by atoms with Crippen molar-refractivity contribution in [3.8, 4) is 5.75 Å². The number of halogens is 1. The SMILES string of the molecule is CC=N/C=C(\C(C(=O)Nc1nnc(CCC/C=C\C(=C/C)CO)s1)=C(C)CC)c1c(F)cccc1OC. The summed E-state index contributed by atoms with van der Waals surface area (Å²) in [5, 5.41) is 21.5. The number of ether oxygens (including phenoxy) is 1. The number of aliphatic hydroxyl groups excluding tert-OH is 1. The van der Waals surface area contributed by atoms with E-state index in [4.69, 9.17) is 4.74 Å². The lowest BCUT2D eigenvalue weighted by molar-refractivity contribution is -0.112. The quantitative estimate of drug-likeness (QED) is 0.138. The summed E-state index contributed by atoms with van der Waals surface area (Å²) < 4.78 is 20.4. The van der Waals surface area contributed by atoms with Crippen LogP contribution in [0, 0.1) is 5.82 Å². The molecule has 1 aromatic carbocycles. The second-order valence-corrected chi connectivity index (χ2v) is 9.11. The minimum absolute atomic E-state index is 0.0196. The van der Waals surface area contributed by atoms with E-state index in [1.165, 1.54) is 30.7 Å². The summed E-state index contributed by atoms with van der Waals surface area (Å²) in [6.45, 7) is 7.41. The molecule has 0 radical (unpaired) electrons. The first-order valence-electron chi connectivity index (χ1n) is 12.2. The molecular weight excluding hydrogens is 491 g/mol. The van der Waals surface area contributed by atoms with Crippen molar-refractivity contribution in [2.45, 2.75) is 53.4 Å². The molecule has 0 bridgehead atoms. The maximum absolute atomic E-state index is 15.0. The van der Waals surface area contributed by atoms with Crippen molar-refractivity contribution in [3.63, 3.8) is 0 Å². The van der Waals surface area contributed by atoms with Crippen LogP contribution in [-0.2, 0) is 11.2 Å². The van der Waals surface area contributed by atoms with Gasteiger partial charge in [-0.3, -0.25) is 15.1 Å². The fourth-order valence-electron chi connectivity index (χ4n) is 3.47. The summed E-state index contributed by atoms with van der Waals surface area (Å²) in [6, 6.07) is 4.53. The Bertz CT molecular complexity index is 1210. The third-order valence-electron chi connectivity index (χ3n) is 5.60. The van der Waals surface area contributed by atoms with Gasteiger partial charge in [0, 0.05) is 30.0 Å². The largest absolute Gasteiger partial charge is 0.496 e. The van der Waals surface area contributed by atoms with Gasteiger partial charge in [0.1, 0.15) is 16.6 Å². The van der Waals surface area contributed by atoms with E-state index in [1.54, 1.807) is 25.3 Å². The molecule has 0 aliphatic carbocycles. The number of aromatic nitrogens is 2. The minimum atomic E-state index is -0.515. The Kier molecular flexibility index (Phi) is 12.6. The third kappa shape index (κ3) is 8.58. The van der Waals surface area contributed by atoms with Crippen LogP contribution in [0.4, 0.5) is 9.52 Å². The number of aliphatic hydroxyl groups is 1. The van der Waals surface area contributed by atoms with Crippen LogP contribution in [0.5, 0.6) is 5.75 Å². The normalized spacial score (nSPS) is 13.4. The molecule has 0 unspecified atom stereocenters. The second kappa shape index (κ2) is 15.6. The van der Waals surface area contributed by atoms with E-state index in [1.807, 2.05) is 39.0 Å². The van der Waals surface area contributed by atoms with Gasteiger partial charge in [0.05, 0.1) is 19.3 Å². The number of allylic oxidation sites excluding steroid dienone is 3. The average molecular weight is 527 g/mol. The lowest BCUT2D eigenvalue weighted by atomic mass is 9.92. The maximum Gasteiger partial charge on any atom is 0.258 e. The van der Waals surface area contributed by atoms with Crippen molar-refractivity contribution in [3.05, 3.63) is 75.7 Å². The Morgan fingerprint density at radius 3 is 2.73 bits per heavy atom. The number of rotatable bonds is 13. The topological polar surface area (TPSA) is 96.7 Å². The number of hydrogen-bond acceptors (Lipinski definition) is 7. The highest BCUT2D eigenvalue weighted by atomic mass is 32.1. The van der Waals surface area contributed by atoms with Gasteiger partial charge >= 0.3 is 0 Å². The number of amides is 1. The van der Waals surface area contributed by atoms with E-state index in [2.05, 4.69) is 20.5 Å². The molecule has 37 heavy (non-hydrogen) atoms. The highest BCUT2D eigenvalue weighted by Gasteiger charge is 2.25. The minimum Gasteiger partial charge on any atom is -0.496 e. The van der Waals surface area contributed by atoms with Gasteiger partial charge in [0.25, 0.3) is 5.91 Å². The van der Waals surface area contributed by atoms with Crippen LogP contribution in [0.1, 0.15) is 57.5 Å². The predicted molar refractivity (Wildman–Crippen MR) is 150 cm³/mol. The van der Waals surface area contributed by atoms with Crippen LogP contribution in [0.2, 0.25) is 0 Å². The van der Waals surface area contributed by atoms with E-state index in [9.17, 15) is 9.90 Å². The maximum atomic E-state index is 15.0. The Balaban J connectivity index is 2.27. The van der Waals surface area contributed by atoms with E-state index in [0.29, 0.717) is 34.9 Å². The lowest BCUT2D eigenvalue weighted by Crippen LogP contribution is -2.18. The Morgan fingerprint density at radius 1 is 1.30 bits per heavy atom. The molecule has 1 heterocycles. The molecule has 0 aliphatic rings. The van der Waals surface area contributed by atoms with Gasteiger partial charge in [-0.15, -0.1) is 10.2 Å². The summed E-state index contributed by atoms with van der Waals surface area (Å²) in [5.74, 6) is -0.630. The number of nitrogens with zero attached hydrogens (tertiary/aromatic N) is 3. The number of anilines is 1. The van der Waals surface area contributed by atoms with Gasteiger partial charge in [-0.25, -0.2) is 4.39 Å². The molecule has 0 fully saturated rings. The first kappa shape index (κ1) is 29.8. The first-order valence-corrected chi connectivity index (χ1v) is 13.0. The zero-order valence-corrected chi connectivity index (χ0v) is 22.9. The molecule has 2 rings (SSSR count). The summed E-state index contributed by atoms with van der Waals surface area (Å²) >= 11 is 1.31. The van der Waals surface area contributed by atoms with E-state index in [0.717, 1.165) is 29.0 Å². The Morgan fingerprint density at radius 2 is 2.08 bits per heavy atom. The summed E-state index contributed by atoms with van der Waals surface area (Å²) in [4.78, 5) is 17.7. The van der Waals surface area contributed by atoms with Crippen LogP contribution in [0.15, 0.2) is 64.3 Å². The van der Waals surface area contributed by atoms with Gasteiger partial charge in [0.15, 0.2) is 0 Å². The van der Waals surface area contributed by atoms with E-state index >= 15 is 4.39 Å². The molecule has 1 amide bonds. The number of methoxy groups -OCH3 is 1. The van der Waals surface area contributed by atoms with Gasteiger partial charge in [-0.1, -0.05) is 48.1 Å². The van der Waals surface area contributed by atoms with Crippen molar-refractivity contribution in [2.24, 2.45) is 4.99 Å². The van der Waals surface area contributed by atoms with Gasteiger partial charge in [-0.2, -0.15) is 0 Å². The lowest BCUT2D eigenvalue weighted by Gasteiger charge is -2.17.